The number of allylic oxidation sites excluding steroid dienone is 1. The highest BCUT2D eigenvalue weighted by Crippen LogP contribution is 2.60. The Morgan fingerprint density at radius 3 is 2.48 bits per heavy atom. The smallest absolute Gasteiger partial charge is 0.161 e. The van der Waals surface area contributed by atoms with E-state index in [-0.39, 0.29) is 22.8 Å². The first-order valence-electron chi connectivity index (χ1n) is 10.4. The molecule has 4 aliphatic rings. The van der Waals surface area contributed by atoms with Gasteiger partial charge in [-0.2, -0.15) is 0 Å². The van der Waals surface area contributed by atoms with Gasteiger partial charge >= 0.3 is 0 Å². The van der Waals surface area contributed by atoms with Crippen molar-refractivity contribution in [3.05, 3.63) is 58.8 Å². The van der Waals surface area contributed by atoms with Crippen LogP contribution in [0.2, 0.25) is 5.02 Å². The van der Waals surface area contributed by atoms with Crippen molar-refractivity contribution in [2.75, 3.05) is 0 Å². The average molecular weight is 415 g/mol. The van der Waals surface area contributed by atoms with Crippen molar-refractivity contribution < 1.29 is 18.3 Å². The Bertz CT molecular complexity index is 926. The number of carbonyl (C=O) groups excluding carboxylic acids is 1. The lowest BCUT2D eigenvalue weighted by Crippen LogP contribution is -2.49. The van der Waals surface area contributed by atoms with Crippen LogP contribution in [-0.4, -0.2) is 5.78 Å². The van der Waals surface area contributed by atoms with E-state index in [9.17, 15) is 9.18 Å². The average Bonchev–Trinajstić information content (AvgIpc) is 3.14. The molecule has 4 bridgehead atoms. The number of rotatable bonds is 6. The van der Waals surface area contributed by atoms with Gasteiger partial charge in [0.2, 0.25) is 0 Å². The van der Waals surface area contributed by atoms with Crippen LogP contribution in [0.25, 0.3) is 6.08 Å². The minimum atomic E-state index is -0.479. The molecule has 0 atom stereocenters. The third-order valence-electron chi connectivity index (χ3n) is 6.91. The molecule has 2 aromatic rings. The Hall–Kier alpha value is -2.07. The molecular weight excluding hydrogens is 391 g/mol. The minimum Gasteiger partial charge on any atom is -0.486 e. The Kier molecular flexibility index (Phi) is 4.78. The second kappa shape index (κ2) is 7.32. The summed E-state index contributed by atoms with van der Waals surface area (Å²) in [5.41, 5.74) is -0.119. The number of hydrogen-bond donors (Lipinski definition) is 0. The monoisotopic (exact) mass is 414 g/mol. The first-order valence-corrected chi connectivity index (χ1v) is 10.8. The molecule has 4 saturated carbocycles. The van der Waals surface area contributed by atoms with Gasteiger partial charge in [-0.25, -0.2) is 4.39 Å². The van der Waals surface area contributed by atoms with Crippen LogP contribution in [0, 0.1) is 29.0 Å². The molecule has 1 heterocycles. The van der Waals surface area contributed by atoms with Gasteiger partial charge in [-0.05, 0) is 92.7 Å². The Labute approximate surface area is 174 Å². The fraction of sp³-hybridized carbons (Fsp3) is 0.458. The summed E-state index contributed by atoms with van der Waals surface area (Å²) < 4.78 is 24.6. The molecule has 0 unspecified atom stereocenters. The van der Waals surface area contributed by atoms with Crippen LogP contribution >= 0.6 is 11.6 Å². The van der Waals surface area contributed by atoms with Crippen LogP contribution in [0.5, 0.6) is 5.75 Å². The molecule has 1 aromatic heterocycles. The molecule has 0 amide bonds. The van der Waals surface area contributed by atoms with E-state index < -0.39 is 5.82 Å². The molecule has 1 aromatic carbocycles. The van der Waals surface area contributed by atoms with E-state index in [0.29, 0.717) is 17.3 Å². The summed E-state index contributed by atoms with van der Waals surface area (Å²) in [6.07, 6.45) is 10.7. The third kappa shape index (κ3) is 3.75. The molecule has 0 aliphatic heterocycles. The number of ketones is 1. The number of benzene rings is 1. The number of halogens is 2. The summed E-state index contributed by atoms with van der Waals surface area (Å²) in [4.78, 5) is 13.1. The van der Waals surface area contributed by atoms with Gasteiger partial charge in [0.05, 0.1) is 5.02 Å². The highest BCUT2D eigenvalue weighted by molar-refractivity contribution is 6.30. The van der Waals surface area contributed by atoms with Crippen molar-refractivity contribution in [3.8, 4) is 5.75 Å². The zero-order valence-electron chi connectivity index (χ0n) is 16.2. The Balaban J connectivity index is 1.21. The van der Waals surface area contributed by atoms with E-state index in [1.165, 1.54) is 37.5 Å². The summed E-state index contributed by atoms with van der Waals surface area (Å²) in [5, 5.41) is 0.0220. The highest BCUT2D eigenvalue weighted by atomic mass is 35.5. The third-order valence-corrected chi connectivity index (χ3v) is 7.20. The van der Waals surface area contributed by atoms with Gasteiger partial charge in [0.1, 0.15) is 29.7 Å². The van der Waals surface area contributed by atoms with E-state index in [1.54, 1.807) is 12.2 Å². The lowest BCUT2D eigenvalue weighted by atomic mass is 9.48. The summed E-state index contributed by atoms with van der Waals surface area (Å²) in [7, 11) is 0. The van der Waals surface area contributed by atoms with E-state index >= 15 is 0 Å². The number of ether oxygens (including phenoxy) is 1. The van der Waals surface area contributed by atoms with Crippen molar-refractivity contribution in [1.29, 1.82) is 0 Å². The maximum absolute atomic E-state index is 13.2. The Morgan fingerprint density at radius 2 is 1.83 bits per heavy atom. The van der Waals surface area contributed by atoms with Crippen LogP contribution in [0.1, 0.15) is 50.0 Å². The molecular formula is C24H24ClFO3. The fourth-order valence-corrected chi connectivity index (χ4v) is 6.20. The fourth-order valence-electron chi connectivity index (χ4n) is 6.03. The van der Waals surface area contributed by atoms with Crippen molar-refractivity contribution in [1.82, 2.24) is 0 Å². The SMILES string of the molecule is O=C(/C=C/c1ccc(COc2ccc(F)c(Cl)c2)o1)C12CC3CC(CC(C3)C1)C2. The zero-order valence-corrected chi connectivity index (χ0v) is 17.0. The maximum Gasteiger partial charge on any atom is 0.161 e. The molecule has 0 radical (unpaired) electrons. The topological polar surface area (TPSA) is 39.4 Å². The number of furan rings is 1. The van der Waals surface area contributed by atoms with E-state index in [4.69, 9.17) is 20.8 Å². The summed E-state index contributed by atoms with van der Waals surface area (Å²) >= 11 is 5.76. The molecule has 6 rings (SSSR count). The van der Waals surface area contributed by atoms with Crippen molar-refractivity contribution >= 4 is 23.5 Å². The maximum atomic E-state index is 13.2. The summed E-state index contributed by atoms with van der Waals surface area (Å²) in [5.74, 6) is 3.80. The molecule has 5 heteroatoms. The molecule has 0 saturated heterocycles. The standard InChI is InChI=1S/C24H24ClFO3/c25-21-10-19(3-5-22(21)26)28-14-20-2-1-18(29-20)4-6-23(27)24-11-15-7-16(12-24)9-17(8-15)13-24/h1-6,10,15-17H,7-9,11-14H2/b6-4+. The largest absolute Gasteiger partial charge is 0.486 e. The van der Waals surface area contributed by atoms with Crippen LogP contribution in [0.15, 0.2) is 40.8 Å². The molecule has 4 fully saturated rings. The predicted molar refractivity (Wildman–Crippen MR) is 109 cm³/mol. The second-order valence-electron chi connectivity index (χ2n) is 9.06. The lowest BCUT2D eigenvalue weighted by molar-refractivity contribution is -0.138. The van der Waals surface area contributed by atoms with Crippen molar-refractivity contribution in [3.63, 3.8) is 0 Å². The van der Waals surface area contributed by atoms with Gasteiger partial charge in [0.25, 0.3) is 0 Å². The van der Waals surface area contributed by atoms with Gasteiger partial charge in [-0.15, -0.1) is 0 Å². The van der Waals surface area contributed by atoms with Gasteiger partial charge in [-0.1, -0.05) is 11.6 Å². The highest BCUT2D eigenvalue weighted by Gasteiger charge is 2.53. The van der Waals surface area contributed by atoms with E-state index in [2.05, 4.69) is 0 Å². The molecule has 29 heavy (non-hydrogen) atoms. The van der Waals surface area contributed by atoms with Gasteiger partial charge in [-0.3, -0.25) is 4.79 Å². The summed E-state index contributed by atoms with van der Waals surface area (Å²) in [6.45, 7) is 0.207. The van der Waals surface area contributed by atoms with E-state index in [1.807, 2.05) is 12.1 Å². The van der Waals surface area contributed by atoms with Gasteiger partial charge in [0.15, 0.2) is 5.78 Å². The molecule has 0 N–H and O–H groups in total. The number of carbonyl (C=O) groups is 1. The number of hydrogen-bond acceptors (Lipinski definition) is 3. The second-order valence-corrected chi connectivity index (χ2v) is 9.47. The first-order chi connectivity index (χ1) is 14.0. The first kappa shape index (κ1) is 18.9. The zero-order chi connectivity index (χ0) is 20.0. The van der Waals surface area contributed by atoms with Crippen LogP contribution in [0.3, 0.4) is 0 Å². The molecule has 3 nitrogen and oxygen atoms in total. The normalized spacial score (nSPS) is 30.2. The predicted octanol–water partition coefficient (Wildman–Crippen LogP) is 6.45. The van der Waals surface area contributed by atoms with Crippen LogP contribution < -0.4 is 4.74 Å². The van der Waals surface area contributed by atoms with Crippen LogP contribution in [0.4, 0.5) is 4.39 Å². The van der Waals surface area contributed by atoms with Crippen LogP contribution in [-0.2, 0) is 11.4 Å². The summed E-state index contributed by atoms with van der Waals surface area (Å²) in [6, 6.07) is 7.88. The quantitative estimate of drug-likeness (QED) is 0.510. The molecule has 152 valence electrons. The van der Waals surface area contributed by atoms with Crippen molar-refractivity contribution in [2.45, 2.75) is 45.1 Å². The molecule has 0 spiro atoms. The van der Waals surface area contributed by atoms with Crippen molar-refractivity contribution in [2.24, 2.45) is 23.2 Å². The van der Waals surface area contributed by atoms with E-state index in [0.717, 1.165) is 37.0 Å². The molecule has 4 aliphatic carbocycles. The lowest BCUT2D eigenvalue weighted by Gasteiger charge is -2.55. The van der Waals surface area contributed by atoms with Gasteiger partial charge < -0.3 is 9.15 Å². The minimum absolute atomic E-state index is 0.0220. The Morgan fingerprint density at radius 1 is 1.14 bits per heavy atom. The van der Waals surface area contributed by atoms with Gasteiger partial charge in [0, 0.05) is 11.5 Å².